The molecule has 4 rings (SSSR count). The standard InChI is InChI=1S/C18H20ClN5O2/c1-17(2)9-18(8-11(20)14(17)25)6-7-23(10-18)16(26)15-21-13-5-3-4-12(19)24(13)22-15/h3-5,8H,6-7,9-10,20H2,1-2H3/t18-/m0/s1. The van der Waals surface area contributed by atoms with Crippen LogP contribution in [0.15, 0.2) is 30.0 Å². The van der Waals surface area contributed by atoms with Gasteiger partial charge in [0.15, 0.2) is 11.4 Å². The molecule has 26 heavy (non-hydrogen) atoms. The normalized spacial score (nSPS) is 25.1. The molecule has 0 saturated carbocycles. The number of carbonyl (C=O) groups excluding carboxylic acids is 2. The lowest BCUT2D eigenvalue weighted by Gasteiger charge is -2.38. The molecule has 2 aliphatic rings. The number of hydrogen-bond acceptors (Lipinski definition) is 5. The molecular weight excluding hydrogens is 354 g/mol. The molecule has 0 radical (unpaired) electrons. The Kier molecular flexibility index (Phi) is 3.63. The highest BCUT2D eigenvalue weighted by molar-refractivity contribution is 6.29. The van der Waals surface area contributed by atoms with Crippen molar-refractivity contribution in [1.82, 2.24) is 19.5 Å². The first-order valence-electron chi connectivity index (χ1n) is 8.55. The van der Waals surface area contributed by atoms with Crippen molar-refractivity contribution in [2.75, 3.05) is 13.1 Å². The Morgan fingerprint density at radius 1 is 1.35 bits per heavy atom. The van der Waals surface area contributed by atoms with Crippen LogP contribution >= 0.6 is 11.6 Å². The van der Waals surface area contributed by atoms with Gasteiger partial charge in [0.05, 0.1) is 5.70 Å². The van der Waals surface area contributed by atoms with Crippen LogP contribution in [-0.2, 0) is 4.79 Å². The van der Waals surface area contributed by atoms with Crippen molar-refractivity contribution in [1.29, 1.82) is 0 Å². The fourth-order valence-corrected chi connectivity index (χ4v) is 4.43. The zero-order chi connectivity index (χ0) is 18.7. The van der Waals surface area contributed by atoms with E-state index in [-0.39, 0.29) is 22.9 Å². The van der Waals surface area contributed by atoms with Gasteiger partial charge >= 0.3 is 0 Å². The predicted molar refractivity (Wildman–Crippen MR) is 96.6 cm³/mol. The smallest absolute Gasteiger partial charge is 0.293 e. The van der Waals surface area contributed by atoms with Crippen molar-refractivity contribution in [2.24, 2.45) is 16.6 Å². The Morgan fingerprint density at radius 2 is 2.12 bits per heavy atom. The van der Waals surface area contributed by atoms with E-state index < -0.39 is 5.41 Å². The number of nitrogens with two attached hydrogens (primary N) is 1. The van der Waals surface area contributed by atoms with Crippen molar-refractivity contribution >= 4 is 28.9 Å². The third kappa shape index (κ3) is 2.58. The number of likely N-dealkylation sites (tertiary alicyclic amines) is 1. The molecule has 0 aromatic carbocycles. The first-order chi connectivity index (χ1) is 12.2. The summed E-state index contributed by atoms with van der Waals surface area (Å²) in [7, 11) is 0. The molecule has 1 saturated heterocycles. The minimum Gasteiger partial charge on any atom is -0.396 e. The second-order valence-electron chi connectivity index (χ2n) is 7.88. The number of fused-ring (bicyclic) bond motifs is 1. The molecule has 3 heterocycles. The number of rotatable bonds is 1. The van der Waals surface area contributed by atoms with Gasteiger partial charge in [-0.2, -0.15) is 0 Å². The van der Waals surface area contributed by atoms with E-state index in [9.17, 15) is 9.59 Å². The maximum atomic E-state index is 12.9. The monoisotopic (exact) mass is 373 g/mol. The number of aromatic nitrogens is 3. The molecule has 1 aliphatic carbocycles. The number of pyridine rings is 1. The Labute approximate surface area is 155 Å². The maximum absolute atomic E-state index is 12.9. The summed E-state index contributed by atoms with van der Waals surface area (Å²) in [6.07, 6.45) is 3.29. The van der Waals surface area contributed by atoms with Crippen molar-refractivity contribution in [2.45, 2.75) is 26.7 Å². The number of amides is 1. The molecular formula is C18H20ClN5O2. The molecule has 8 heteroatoms. The highest BCUT2D eigenvalue weighted by Crippen LogP contribution is 2.47. The largest absolute Gasteiger partial charge is 0.396 e. The Bertz CT molecular complexity index is 964. The summed E-state index contributed by atoms with van der Waals surface area (Å²) in [4.78, 5) is 31.2. The topological polar surface area (TPSA) is 93.6 Å². The van der Waals surface area contributed by atoms with Crippen LogP contribution in [0.5, 0.6) is 0 Å². The number of hydrogen-bond donors (Lipinski definition) is 1. The van der Waals surface area contributed by atoms with Gasteiger partial charge in [0.25, 0.3) is 5.91 Å². The number of ketones is 1. The zero-order valence-electron chi connectivity index (χ0n) is 14.7. The lowest BCUT2D eigenvalue weighted by molar-refractivity contribution is -0.125. The molecule has 1 atom stereocenters. The van der Waals surface area contributed by atoms with Crippen LogP contribution < -0.4 is 5.73 Å². The maximum Gasteiger partial charge on any atom is 0.293 e. The SMILES string of the molecule is CC1(C)C[C@@]2(C=C(N)C1=O)CCN(C(=O)c1nc3cccc(Cl)n3n1)C2. The third-order valence-corrected chi connectivity index (χ3v) is 5.60. The zero-order valence-corrected chi connectivity index (χ0v) is 15.5. The molecule has 2 aromatic heterocycles. The highest BCUT2D eigenvalue weighted by Gasteiger charge is 2.48. The van der Waals surface area contributed by atoms with E-state index in [0.717, 1.165) is 6.42 Å². The Balaban J connectivity index is 1.61. The second-order valence-corrected chi connectivity index (χ2v) is 8.27. The molecule has 7 nitrogen and oxygen atoms in total. The lowest BCUT2D eigenvalue weighted by atomic mass is 9.65. The van der Waals surface area contributed by atoms with E-state index in [4.69, 9.17) is 17.3 Å². The number of halogens is 1. The summed E-state index contributed by atoms with van der Waals surface area (Å²) < 4.78 is 1.45. The number of carbonyl (C=O) groups is 2. The van der Waals surface area contributed by atoms with Gasteiger partial charge in [0.1, 0.15) is 5.15 Å². The van der Waals surface area contributed by atoms with E-state index in [1.807, 2.05) is 19.9 Å². The van der Waals surface area contributed by atoms with Crippen LogP contribution in [0.3, 0.4) is 0 Å². The molecule has 0 bridgehead atoms. The summed E-state index contributed by atoms with van der Waals surface area (Å²) in [5, 5.41) is 4.63. The van der Waals surface area contributed by atoms with Crippen molar-refractivity contribution in [3.8, 4) is 0 Å². The number of nitrogens with zero attached hydrogens (tertiary/aromatic N) is 4. The van der Waals surface area contributed by atoms with Gasteiger partial charge in [-0.05, 0) is 31.1 Å². The molecule has 1 aliphatic heterocycles. The van der Waals surface area contributed by atoms with E-state index in [2.05, 4.69) is 10.1 Å². The van der Waals surface area contributed by atoms with Crippen molar-refractivity contribution in [3.05, 3.63) is 40.9 Å². The average Bonchev–Trinajstić information content (AvgIpc) is 3.17. The fourth-order valence-electron chi connectivity index (χ4n) is 4.23. The summed E-state index contributed by atoms with van der Waals surface area (Å²) in [5.41, 5.74) is 6.01. The molecule has 136 valence electrons. The van der Waals surface area contributed by atoms with Gasteiger partial charge in [-0.15, -0.1) is 5.10 Å². The predicted octanol–water partition coefficient (Wildman–Crippen LogP) is 2.06. The van der Waals surface area contributed by atoms with E-state index in [0.29, 0.717) is 36.0 Å². The van der Waals surface area contributed by atoms with Gasteiger partial charge in [-0.1, -0.05) is 31.5 Å². The van der Waals surface area contributed by atoms with E-state index in [1.165, 1.54) is 4.52 Å². The van der Waals surface area contributed by atoms with Gasteiger partial charge in [0, 0.05) is 23.9 Å². The first kappa shape index (κ1) is 17.0. The van der Waals surface area contributed by atoms with Crippen molar-refractivity contribution < 1.29 is 9.59 Å². The van der Waals surface area contributed by atoms with E-state index in [1.54, 1.807) is 23.1 Å². The summed E-state index contributed by atoms with van der Waals surface area (Å²) in [6, 6.07) is 5.21. The second kappa shape index (κ2) is 5.54. The first-order valence-corrected chi connectivity index (χ1v) is 8.92. The third-order valence-electron chi connectivity index (χ3n) is 5.31. The van der Waals surface area contributed by atoms with Crippen LogP contribution in [0.4, 0.5) is 0 Å². The molecule has 0 unspecified atom stereocenters. The summed E-state index contributed by atoms with van der Waals surface area (Å²) >= 11 is 6.09. The molecule has 1 spiro atoms. The van der Waals surface area contributed by atoms with Gasteiger partial charge in [-0.25, -0.2) is 9.50 Å². The van der Waals surface area contributed by atoms with Crippen molar-refractivity contribution in [3.63, 3.8) is 0 Å². The Hall–Kier alpha value is -2.41. The molecule has 2 aromatic rings. The van der Waals surface area contributed by atoms with Gasteiger partial charge in [0.2, 0.25) is 5.82 Å². The minimum absolute atomic E-state index is 0.0236. The minimum atomic E-state index is -0.521. The lowest BCUT2D eigenvalue weighted by Crippen LogP contribution is -2.42. The number of allylic oxidation sites excluding steroid dienone is 1. The van der Waals surface area contributed by atoms with Crippen LogP contribution in [0.2, 0.25) is 5.15 Å². The molecule has 1 amide bonds. The summed E-state index contributed by atoms with van der Waals surface area (Å²) in [6.45, 7) is 4.91. The van der Waals surface area contributed by atoms with Crippen LogP contribution in [0, 0.1) is 10.8 Å². The van der Waals surface area contributed by atoms with Crippen LogP contribution in [0.25, 0.3) is 5.65 Å². The molecule has 1 fully saturated rings. The number of Topliss-reactive ketones (excluding diaryl/α,β-unsaturated/α-hetero) is 1. The Morgan fingerprint density at radius 3 is 2.81 bits per heavy atom. The quantitative estimate of drug-likeness (QED) is 0.772. The van der Waals surface area contributed by atoms with Gasteiger partial charge < -0.3 is 10.6 Å². The van der Waals surface area contributed by atoms with Gasteiger partial charge in [-0.3, -0.25) is 9.59 Å². The highest BCUT2D eigenvalue weighted by atomic mass is 35.5. The van der Waals surface area contributed by atoms with Crippen LogP contribution in [-0.4, -0.2) is 44.3 Å². The average molecular weight is 374 g/mol. The van der Waals surface area contributed by atoms with E-state index >= 15 is 0 Å². The fraction of sp³-hybridized carbons (Fsp3) is 0.444. The summed E-state index contributed by atoms with van der Waals surface area (Å²) in [5.74, 6) is -0.133. The molecule has 2 N–H and O–H groups in total. The van der Waals surface area contributed by atoms with Crippen LogP contribution in [0.1, 0.15) is 37.3 Å².